The summed E-state index contributed by atoms with van der Waals surface area (Å²) in [5.74, 6) is -1.05. The van der Waals surface area contributed by atoms with E-state index in [1.807, 2.05) is 0 Å². The first-order valence-corrected chi connectivity index (χ1v) is 8.95. The van der Waals surface area contributed by atoms with Crippen molar-refractivity contribution < 1.29 is 27.9 Å². The molecule has 1 aromatic carbocycles. The van der Waals surface area contributed by atoms with Crippen LogP contribution in [0.2, 0.25) is 0 Å². The summed E-state index contributed by atoms with van der Waals surface area (Å²) in [6.45, 7) is 1.34. The molecule has 136 valence electrons. The average molecular weight is 377 g/mol. The zero-order chi connectivity index (χ0) is 19.1. The van der Waals surface area contributed by atoms with Crippen molar-refractivity contribution in [1.29, 1.82) is 0 Å². The Morgan fingerprint density at radius 3 is 2.62 bits per heavy atom. The molecule has 1 atom stereocenters. The van der Waals surface area contributed by atoms with E-state index in [1.54, 1.807) is 12.1 Å². The molecule has 10 heteroatoms. The minimum Gasteiger partial charge on any atom is -0.479 e. The van der Waals surface area contributed by atoms with E-state index in [0.29, 0.717) is 4.31 Å². The molecule has 1 aliphatic heterocycles. The molecule has 26 heavy (non-hydrogen) atoms. The van der Waals surface area contributed by atoms with Crippen LogP contribution in [0.25, 0.3) is 0 Å². The van der Waals surface area contributed by atoms with Crippen LogP contribution >= 0.6 is 0 Å². The minimum atomic E-state index is -4.17. The Morgan fingerprint density at radius 2 is 2.00 bits per heavy atom. The number of aromatic nitrogens is 1. The Morgan fingerprint density at radius 1 is 1.27 bits per heavy atom. The van der Waals surface area contributed by atoms with Crippen molar-refractivity contribution in [2.45, 2.75) is 17.9 Å². The Balaban J connectivity index is 2.08. The van der Waals surface area contributed by atoms with Crippen LogP contribution in [0.1, 0.15) is 6.92 Å². The van der Waals surface area contributed by atoms with E-state index >= 15 is 0 Å². The number of rotatable bonds is 4. The average Bonchev–Trinajstić information content (AvgIpc) is 2.60. The molecule has 2 heterocycles. The number of amides is 2. The van der Waals surface area contributed by atoms with E-state index in [-0.39, 0.29) is 22.2 Å². The first kappa shape index (κ1) is 17.7. The molecule has 9 nitrogen and oxygen atoms in total. The van der Waals surface area contributed by atoms with E-state index < -0.39 is 28.1 Å². The highest BCUT2D eigenvalue weighted by atomic mass is 32.2. The van der Waals surface area contributed by atoms with Crippen LogP contribution in [0.3, 0.4) is 0 Å². The zero-order valence-electron chi connectivity index (χ0n) is 13.9. The van der Waals surface area contributed by atoms with Crippen LogP contribution in [0.15, 0.2) is 47.5 Å². The van der Waals surface area contributed by atoms with E-state index in [4.69, 9.17) is 9.84 Å². The van der Waals surface area contributed by atoms with Gasteiger partial charge in [0.05, 0.1) is 5.69 Å². The lowest BCUT2D eigenvalue weighted by Gasteiger charge is -2.33. The van der Waals surface area contributed by atoms with Crippen molar-refractivity contribution in [3.8, 4) is 5.75 Å². The second kappa shape index (κ2) is 6.30. The number of sulfonamides is 1. The molecule has 0 radical (unpaired) electrons. The molecule has 0 saturated heterocycles. The predicted molar refractivity (Wildman–Crippen MR) is 91.9 cm³/mol. The van der Waals surface area contributed by atoms with Crippen molar-refractivity contribution in [3.05, 3.63) is 42.6 Å². The first-order chi connectivity index (χ1) is 12.2. The second-order valence-electron chi connectivity index (χ2n) is 5.53. The monoisotopic (exact) mass is 377 g/mol. The molecule has 0 bridgehead atoms. The molecule has 0 fully saturated rings. The fourth-order valence-electron chi connectivity index (χ4n) is 2.44. The molecule has 3 rings (SSSR count). The molecule has 2 aromatic rings. The first-order valence-electron chi connectivity index (χ1n) is 7.51. The SMILES string of the molecule is CC(Oc1ccc2c(c1)N(C)C(=O)N(c1ccccn1)S2(=O)=O)C(=O)O. The zero-order valence-corrected chi connectivity index (χ0v) is 14.7. The topological polar surface area (TPSA) is 117 Å². The summed E-state index contributed by atoms with van der Waals surface area (Å²) in [5.41, 5.74) is 0.0947. The Labute approximate surface area is 149 Å². The summed E-state index contributed by atoms with van der Waals surface area (Å²) >= 11 is 0. The van der Waals surface area contributed by atoms with Crippen molar-refractivity contribution in [3.63, 3.8) is 0 Å². The molecule has 1 aromatic heterocycles. The van der Waals surface area contributed by atoms with Gasteiger partial charge in [0, 0.05) is 19.3 Å². The molecular formula is C16H15N3O6S. The van der Waals surface area contributed by atoms with Crippen LogP contribution in [0.5, 0.6) is 5.75 Å². The number of urea groups is 1. The largest absolute Gasteiger partial charge is 0.479 e. The molecule has 0 saturated carbocycles. The Bertz CT molecular complexity index is 977. The Kier molecular flexibility index (Phi) is 4.28. The third-order valence-corrected chi connectivity index (χ3v) is 5.51. The molecule has 2 amide bonds. The summed E-state index contributed by atoms with van der Waals surface area (Å²) in [4.78, 5) is 28.5. The van der Waals surface area contributed by atoms with Crippen LogP contribution in [-0.2, 0) is 14.8 Å². The lowest BCUT2D eigenvalue weighted by atomic mass is 10.2. The fraction of sp³-hybridized carbons (Fsp3) is 0.188. The third kappa shape index (κ3) is 2.84. The quantitative estimate of drug-likeness (QED) is 0.862. The number of carboxylic acids is 1. The lowest BCUT2D eigenvalue weighted by molar-refractivity contribution is -0.144. The lowest BCUT2D eigenvalue weighted by Crippen LogP contribution is -2.49. The van der Waals surface area contributed by atoms with Crippen LogP contribution in [-0.4, -0.2) is 43.7 Å². The van der Waals surface area contributed by atoms with Gasteiger partial charge in [0.1, 0.15) is 10.6 Å². The molecular weight excluding hydrogens is 362 g/mol. The van der Waals surface area contributed by atoms with Crippen LogP contribution < -0.4 is 13.9 Å². The van der Waals surface area contributed by atoms with Gasteiger partial charge in [-0.15, -0.1) is 0 Å². The number of hydrogen-bond donors (Lipinski definition) is 1. The number of pyridine rings is 1. The summed E-state index contributed by atoms with van der Waals surface area (Å²) in [6, 6.07) is 7.73. The van der Waals surface area contributed by atoms with Crippen molar-refractivity contribution in [1.82, 2.24) is 4.98 Å². The van der Waals surface area contributed by atoms with Crippen molar-refractivity contribution in [2.24, 2.45) is 0 Å². The number of benzene rings is 1. The number of anilines is 2. The minimum absolute atomic E-state index is 0.0187. The molecule has 1 unspecified atom stereocenters. The van der Waals surface area contributed by atoms with Crippen LogP contribution in [0.4, 0.5) is 16.3 Å². The fourth-order valence-corrected chi connectivity index (χ4v) is 4.02. The number of aliphatic carboxylic acids is 1. The number of carbonyl (C=O) groups excluding carboxylic acids is 1. The molecule has 0 spiro atoms. The van der Waals surface area contributed by atoms with Crippen LogP contribution in [0, 0.1) is 0 Å². The standard InChI is InChI=1S/C16H15N3O6S/c1-10(15(20)21)25-11-6-7-13-12(9-11)18(2)16(22)19(26(13,23)24)14-5-3-4-8-17-14/h3-10H,1-2H3,(H,20,21). The highest BCUT2D eigenvalue weighted by Gasteiger charge is 2.42. The summed E-state index contributed by atoms with van der Waals surface area (Å²) in [6.07, 6.45) is 0.261. The smallest absolute Gasteiger partial charge is 0.344 e. The van der Waals surface area contributed by atoms with E-state index in [0.717, 1.165) is 4.90 Å². The molecule has 1 aliphatic rings. The highest BCUT2D eigenvalue weighted by Crippen LogP contribution is 2.38. The normalized spacial score (nSPS) is 16.8. The van der Waals surface area contributed by atoms with E-state index in [2.05, 4.69) is 4.98 Å². The Hall–Kier alpha value is -3.14. The highest BCUT2D eigenvalue weighted by molar-refractivity contribution is 7.94. The van der Waals surface area contributed by atoms with Crippen molar-refractivity contribution in [2.75, 3.05) is 16.3 Å². The van der Waals surface area contributed by atoms with Gasteiger partial charge in [-0.05, 0) is 31.2 Å². The number of nitrogens with zero attached hydrogens (tertiary/aromatic N) is 3. The predicted octanol–water partition coefficient (Wildman–Crippen LogP) is 1.70. The third-order valence-electron chi connectivity index (χ3n) is 3.79. The van der Waals surface area contributed by atoms with Gasteiger partial charge in [0.2, 0.25) is 0 Å². The maximum Gasteiger partial charge on any atom is 0.344 e. The molecule has 1 N–H and O–H groups in total. The number of ether oxygens (including phenoxy) is 1. The number of fused-ring (bicyclic) bond motifs is 1. The van der Waals surface area contributed by atoms with Crippen molar-refractivity contribution >= 4 is 33.5 Å². The second-order valence-corrected chi connectivity index (χ2v) is 7.28. The van der Waals surface area contributed by atoms with Gasteiger partial charge in [0.25, 0.3) is 10.0 Å². The maximum absolute atomic E-state index is 12.9. The van der Waals surface area contributed by atoms with E-state index in [9.17, 15) is 18.0 Å². The summed E-state index contributed by atoms with van der Waals surface area (Å²) in [5, 5.41) is 8.92. The van der Waals surface area contributed by atoms with Gasteiger partial charge >= 0.3 is 12.0 Å². The van der Waals surface area contributed by atoms with Gasteiger partial charge in [-0.1, -0.05) is 6.07 Å². The number of carboxylic acid groups (broad SMARTS) is 1. The number of carbonyl (C=O) groups is 2. The van der Waals surface area contributed by atoms with Gasteiger partial charge < -0.3 is 9.84 Å². The summed E-state index contributed by atoms with van der Waals surface area (Å²) < 4.78 is 31.7. The molecule has 0 aliphatic carbocycles. The van der Waals surface area contributed by atoms with Gasteiger partial charge in [-0.2, -0.15) is 4.31 Å². The maximum atomic E-state index is 12.9. The number of hydrogen-bond acceptors (Lipinski definition) is 6. The summed E-state index contributed by atoms with van der Waals surface area (Å²) in [7, 11) is -2.76. The van der Waals surface area contributed by atoms with E-state index in [1.165, 1.54) is 44.4 Å². The van der Waals surface area contributed by atoms with Gasteiger partial charge in [-0.25, -0.2) is 23.0 Å². The van der Waals surface area contributed by atoms with Gasteiger partial charge in [-0.3, -0.25) is 4.90 Å². The van der Waals surface area contributed by atoms with Gasteiger partial charge in [0.15, 0.2) is 11.9 Å².